The maximum absolute atomic E-state index is 12.8. The molecule has 11 heteroatoms. The molecule has 4 aliphatic heterocycles. The molecule has 6 rings (SSSR count). The number of carbonyl (C=O) groups excluding carboxylic acids is 2. The van der Waals surface area contributed by atoms with E-state index in [4.69, 9.17) is 24.0 Å². The molecule has 1 saturated carbocycles. The van der Waals surface area contributed by atoms with Gasteiger partial charge in [0.2, 0.25) is 18.0 Å². The second-order valence-electron chi connectivity index (χ2n) is 11.5. The van der Waals surface area contributed by atoms with E-state index < -0.39 is 54.0 Å². The Hall–Kier alpha value is -2.57. The lowest BCUT2D eigenvalue weighted by atomic mass is 9.58. The molecule has 0 unspecified atom stereocenters. The Kier molecular flexibility index (Phi) is 7.73. The average molecular weight is 548 g/mol. The number of hydrogen-bond acceptors (Lipinski definition) is 9. The quantitative estimate of drug-likeness (QED) is 0.327. The van der Waals surface area contributed by atoms with Crippen LogP contribution in [0.4, 0.5) is 0 Å². The van der Waals surface area contributed by atoms with Gasteiger partial charge in [-0.3, -0.25) is 9.59 Å². The van der Waals surface area contributed by atoms with Crippen LogP contribution in [0.5, 0.6) is 0 Å². The summed E-state index contributed by atoms with van der Waals surface area (Å²) in [5, 5.41) is 22.3. The highest BCUT2D eigenvalue weighted by atomic mass is 17.3. The van der Waals surface area contributed by atoms with Gasteiger partial charge in [-0.2, -0.15) is 0 Å². The molecule has 11 nitrogen and oxygen atoms in total. The molecule has 1 aliphatic carbocycles. The molecule has 5 aliphatic rings. The number of aliphatic hydroxyl groups is 1. The Morgan fingerprint density at radius 1 is 1.08 bits per heavy atom. The van der Waals surface area contributed by atoms with Crippen molar-refractivity contribution in [2.24, 2.45) is 23.7 Å². The Balaban J connectivity index is 1.20. The van der Waals surface area contributed by atoms with Crippen LogP contribution in [0.25, 0.3) is 0 Å². The van der Waals surface area contributed by atoms with Crippen LogP contribution < -0.4 is 5.32 Å². The van der Waals surface area contributed by atoms with Crippen LogP contribution in [-0.2, 0) is 38.4 Å². The molecule has 1 amide bonds. The lowest BCUT2D eigenvalue weighted by Crippen LogP contribution is -2.70. The van der Waals surface area contributed by atoms with E-state index >= 15 is 0 Å². The summed E-state index contributed by atoms with van der Waals surface area (Å²) in [6.07, 6.45) is -0.297. The normalized spacial score (nSPS) is 38.6. The molecular formula is C28H37NO10. The van der Waals surface area contributed by atoms with Gasteiger partial charge in [-0.1, -0.05) is 44.2 Å². The number of ether oxygens (including phenoxy) is 3. The minimum atomic E-state index is -1.57. The monoisotopic (exact) mass is 547 g/mol. The SMILES string of the molecule is C[C@H]1[C@H](OC(=O)CCC(=O)N[C@H](C(=O)O)[C@@H](O)c2ccccc2)O[C@@H]2O[C@@]3(C)CC[C@H]4[C@H](C)CC[C@@H]1[C@@]24OO3. The molecule has 4 saturated heterocycles. The summed E-state index contributed by atoms with van der Waals surface area (Å²) in [6, 6.07) is 6.61. The molecule has 1 aromatic rings. The largest absolute Gasteiger partial charge is 0.480 e. The van der Waals surface area contributed by atoms with Crippen LogP contribution in [-0.4, -0.2) is 58.1 Å². The van der Waals surface area contributed by atoms with Gasteiger partial charge < -0.3 is 29.7 Å². The van der Waals surface area contributed by atoms with Crippen molar-refractivity contribution in [2.45, 2.75) is 95.4 Å². The van der Waals surface area contributed by atoms with E-state index in [1.54, 1.807) is 30.3 Å². The van der Waals surface area contributed by atoms with Crippen LogP contribution in [0.3, 0.4) is 0 Å². The Labute approximate surface area is 227 Å². The van der Waals surface area contributed by atoms with Crippen LogP contribution in [0, 0.1) is 23.7 Å². The minimum absolute atomic E-state index is 0.0167. The summed E-state index contributed by atoms with van der Waals surface area (Å²) in [7, 11) is 0. The Morgan fingerprint density at radius 3 is 2.54 bits per heavy atom. The van der Waals surface area contributed by atoms with Gasteiger partial charge in [0.1, 0.15) is 6.10 Å². The Morgan fingerprint density at radius 2 is 1.82 bits per heavy atom. The third kappa shape index (κ3) is 5.18. The van der Waals surface area contributed by atoms with Crippen LogP contribution >= 0.6 is 0 Å². The third-order valence-corrected chi connectivity index (χ3v) is 8.94. The van der Waals surface area contributed by atoms with Gasteiger partial charge in [-0.15, -0.1) is 0 Å². The van der Waals surface area contributed by atoms with Gasteiger partial charge in [0.05, 0.1) is 6.42 Å². The number of fused-ring (bicyclic) bond motifs is 2. The maximum atomic E-state index is 12.8. The average Bonchev–Trinajstić information content (AvgIpc) is 3.14. The first-order chi connectivity index (χ1) is 18.5. The number of carboxylic acid groups (broad SMARTS) is 1. The van der Waals surface area contributed by atoms with Gasteiger partial charge in [0.15, 0.2) is 17.9 Å². The zero-order valence-corrected chi connectivity index (χ0v) is 22.4. The number of esters is 1. The Bertz CT molecular complexity index is 1080. The molecule has 0 aromatic heterocycles. The van der Waals surface area contributed by atoms with Crippen molar-refractivity contribution in [3.63, 3.8) is 0 Å². The van der Waals surface area contributed by atoms with E-state index in [1.807, 2.05) is 13.8 Å². The van der Waals surface area contributed by atoms with Crippen LogP contribution in [0.2, 0.25) is 0 Å². The predicted octanol–water partition coefficient (Wildman–Crippen LogP) is 2.82. The van der Waals surface area contributed by atoms with Crippen molar-refractivity contribution < 1.29 is 48.6 Å². The number of hydrogen-bond donors (Lipinski definition) is 3. The molecule has 5 fully saturated rings. The van der Waals surface area contributed by atoms with Crippen molar-refractivity contribution >= 4 is 17.8 Å². The lowest BCUT2D eigenvalue weighted by Gasteiger charge is -2.59. The summed E-state index contributed by atoms with van der Waals surface area (Å²) < 4.78 is 18.2. The summed E-state index contributed by atoms with van der Waals surface area (Å²) in [6.45, 7) is 5.99. The molecule has 1 aromatic carbocycles. The summed E-state index contributed by atoms with van der Waals surface area (Å²) in [4.78, 5) is 48.8. The second-order valence-corrected chi connectivity index (χ2v) is 11.5. The summed E-state index contributed by atoms with van der Waals surface area (Å²) >= 11 is 0. The molecule has 4 heterocycles. The predicted molar refractivity (Wildman–Crippen MR) is 133 cm³/mol. The third-order valence-electron chi connectivity index (χ3n) is 8.94. The molecule has 2 bridgehead atoms. The number of carboxylic acids is 1. The van der Waals surface area contributed by atoms with Crippen molar-refractivity contribution in [1.29, 1.82) is 0 Å². The fraction of sp³-hybridized carbons (Fsp3) is 0.679. The van der Waals surface area contributed by atoms with Crippen molar-refractivity contribution in [3.05, 3.63) is 35.9 Å². The molecule has 1 spiro atoms. The first-order valence-corrected chi connectivity index (χ1v) is 13.7. The number of nitrogens with one attached hydrogen (secondary N) is 1. The topological polar surface area (TPSA) is 150 Å². The van der Waals surface area contributed by atoms with Crippen molar-refractivity contribution in [3.8, 4) is 0 Å². The number of aliphatic hydroxyl groups excluding tert-OH is 1. The number of benzene rings is 1. The zero-order valence-electron chi connectivity index (χ0n) is 22.4. The molecule has 39 heavy (non-hydrogen) atoms. The zero-order chi connectivity index (χ0) is 27.9. The smallest absolute Gasteiger partial charge is 0.329 e. The van der Waals surface area contributed by atoms with E-state index in [0.29, 0.717) is 17.9 Å². The standard InChI is InChI=1S/C28H37NO10/c1-15-9-10-19-16(2)25(36-26-28(19)18(15)13-14-27(3,37-26)38-39-28)35-21(31)12-11-20(30)29-22(24(33)34)23(32)17-7-5-4-6-8-17/h4-8,15-16,18-19,22-23,25-26,32H,9-14H2,1-3H3,(H,29,30)(H,33,34)/t15-,16-,18+,19+,22+,23+,25-,26-,27-,28-/m1/s1. The first-order valence-electron chi connectivity index (χ1n) is 13.7. The molecular weight excluding hydrogens is 510 g/mol. The number of carbonyl (C=O) groups is 3. The molecule has 3 N–H and O–H groups in total. The fourth-order valence-electron chi connectivity index (χ4n) is 6.77. The summed E-state index contributed by atoms with van der Waals surface area (Å²) in [5.41, 5.74) is -0.427. The highest BCUT2D eigenvalue weighted by Crippen LogP contribution is 2.60. The van der Waals surface area contributed by atoms with Gasteiger partial charge in [-0.05, 0) is 43.6 Å². The second kappa shape index (κ2) is 10.8. The highest BCUT2D eigenvalue weighted by molar-refractivity contribution is 5.86. The molecule has 0 radical (unpaired) electrons. The molecule has 10 atom stereocenters. The van der Waals surface area contributed by atoms with Gasteiger partial charge in [-0.25, -0.2) is 14.6 Å². The minimum Gasteiger partial charge on any atom is -0.480 e. The number of rotatable bonds is 8. The van der Waals surface area contributed by atoms with Crippen molar-refractivity contribution in [1.82, 2.24) is 5.32 Å². The van der Waals surface area contributed by atoms with E-state index in [2.05, 4.69) is 12.2 Å². The van der Waals surface area contributed by atoms with E-state index in [9.17, 15) is 24.6 Å². The van der Waals surface area contributed by atoms with Gasteiger partial charge >= 0.3 is 11.9 Å². The van der Waals surface area contributed by atoms with Crippen LogP contribution in [0.1, 0.15) is 71.0 Å². The van der Waals surface area contributed by atoms with Crippen LogP contribution in [0.15, 0.2) is 30.3 Å². The number of aliphatic carboxylic acids is 1. The molecule has 214 valence electrons. The van der Waals surface area contributed by atoms with E-state index in [1.165, 1.54) is 0 Å². The van der Waals surface area contributed by atoms with Gasteiger partial charge in [0.25, 0.3) is 0 Å². The highest BCUT2D eigenvalue weighted by Gasteiger charge is 2.69. The van der Waals surface area contributed by atoms with Crippen molar-refractivity contribution in [2.75, 3.05) is 0 Å². The van der Waals surface area contributed by atoms with E-state index in [-0.39, 0.29) is 30.6 Å². The first kappa shape index (κ1) is 28.0. The van der Waals surface area contributed by atoms with Gasteiger partial charge in [0, 0.05) is 24.7 Å². The fourth-order valence-corrected chi connectivity index (χ4v) is 6.77. The summed E-state index contributed by atoms with van der Waals surface area (Å²) in [5.74, 6) is -3.33. The number of amides is 1. The lowest BCUT2D eigenvalue weighted by molar-refractivity contribution is -0.576. The maximum Gasteiger partial charge on any atom is 0.329 e. The van der Waals surface area contributed by atoms with E-state index in [0.717, 1.165) is 19.3 Å².